The Balaban J connectivity index is 2.47. The number of thioether (sulfide) groups is 1. The van der Waals surface area contributed by atoms with E-state index in [4.69, 9.17) is 4.74 Å². The van der Waals surface area contributed by atoms with Crippen molar-refractivity contribution in [1.29, 1.82) is 0 Å². The number of carbonyl (C=O) groups excluding carboxylic acids is 2. The number of amides is 3. The molecule has 1 aromatic heterocycles. The van der Waals surface area contributed by atoms with Crippen LogP contribution in [0.5, 0.6) is 0 Å². The molecule has 0 radical (unpaired) electrons. The monoisotopic (exact) mass is 559 g/mol. The summed E-state index contributed by atoms with van der Waals surface area (Å²) in [5.74, 6) is -1.05. The number of hydrogen-bond donors (Lipinski definition) is 2. The second-order valence-corrected chi connectivity index (χ2v) is 13.6. The molecule has 2 N–H and O–H groups in total. The fourth-order valence-corrected chi connectivity index (χ4v) is 5.70. The number of aliphatic hydroxyl groups is 1. The number of sulfonamides is 1. The summed E-state index contributed by atoms with van der Waals surface area (Å²) in [5.41, 5.74) is -1.59. The predicted octanol–water partition coefficient (Wildman–Crippen LogP) is 5.66. The third-order valence-corrected chi connectivity index (χ3v) is 8.09. The highest BCUT2D eigenvalue weighted by atomic mass is 32.3. The summed E-state index contributed by atoms with van der Waals surface area (Å²) >= 11 is 0.653. The summed E-state index contributed by atoms with van der Waals surface area (Å²) in [5, 5.41) is 15.4. The van der Waals surface area contributed by atoms with Gasteiger partial charge in [0.2, 0.25) is 0 Å². The van der Waals surface area contributed by atoms with Crippen LogP contribution in [0.3, 0.4) is 0 Å². The van der Waals surface area contributed by atoms with Crippen LogP contribution >= 0.6 is 11.8 Å². The first-order chi connectivity index (χ1) is 16.7. The summed E-state index contributed by atoms with van der Waals surface area (Å²) in [6.07, 6.45) is 0.892. The lowest BCUT2D eigenvalue weighted by atomic mass is 9.96. The summed E-state index contributed by atoms with van der Waals surface area (Å²) in [6.45, 7) is 14.8. The Morgan fingerprint density at radius 2 is 1.78 bits per heavy atom. The van der Waals surface area contributed by atoms with E-state index in [1.165, 1.54) is 13.8 Å². The van der Waals surface area contributed by atoms with E-state index in [1.807, 2.05) is 13.8 Å². The summed E-state index contributed by atoms with van der Waals surface area (Å²) in [4.78, 5) is 30.3. The number of pyridine rings is 1. The maximum absolute atomic E-state index is 14.7. The molecule has 0 saturated heterocycles. The molecule has 2 heterocycles. The average molecular weight is 560 g/mol. The lowest BCUT2D eigenvalue weighted by molar-refractivity contribution is 0.0469. The number of aromatic nitrogens is 1. The van der Waals surface area contributed by atoms with E-state index in [0.29, 0.717) is 17.5 Å². The molecule has 206 valence electrons. The van der Waals surface area contributed by atoms with Gasteiger partial charge in [-0.2, -0.15) is 8.42 Å². The first-order valence-corrected chi connectivity index (χ1v) is 13.9. The number of nitrogens with zero attached hydrogens (tertiary/aromatic N) is 4. The molecule has 0 spiro atoms. The molecule has 0 bridgehead atoms. The molecule has 37 heavy (non-hydrogen) atoms. The van der Waals surface area contributed by atoms with Gasteiger partial charge in [0, 0.05) is 11.8 Å². The molecule has 3 amide bonds. The molecule has 2 rings (SSSR count). The molecule has 1 aliphatic rings. The minimum atomic E-state index is -4.52. The number of hydrogen-bond acceptors (Lipinski definition) is 8. The fraction of sp³-hybridized carbons (Fsp3) is 0.609. The number of carbonyl (C=O) groups is 2. The van der Waals surface area contributed by atoms with E-state index in [0.717, 1.165) is 17.3 Å². The number of rotatable bonds is 6. The number of nitrogens with one attached hydrogen (secondary N) is 1. The topological polar surface area (TPSA) is 151 Å². The zero-order chi connectivity index (χ0) is 28.5. The zero-order valence-electron chi connectivity index (χ0n) is 22.4. The van der Waals surface area contributed by atoms with Crippen LogP contribution in [0.2, 0.25) is 0 Å². The summed E-state index contributed by atoms with van der Waals surface area (Å²) < 4.78 is 47.9. The maximum atomic E-state index is 14.7. The SMILES string of the molecule is CC(C)c1ncc(F)c(C(C)C)c1NC(=O)N1C=C(S(=O)(=O)N=NC(=O)OC(C)(C)C)SC1C(C)(C)O. The van der Waals surface area contributed by atoms with Crippen LogP contribution in [0.15, 0.2) is 26.3 Å². The van der Waals surface area contributed by atoms with E-state index in [1.54, 1.807) is 34.6 Å². The van der Waals surface area contributed by atoms with Gasteiger partial charge < -0.3 is 15.2 Å². The largest absolute Gasteiger partial charge is 0.453 e. The Bertz CT molecular complexity index is 1220. The van der Waals surface area contributed by atoms with Crippen molar-refractivity contribution in [1.82, 2.24) is 9.88 Å². The van der Waals surface area contributed by atoms with Crippen molar-refractivity contribution in [3.63, 3.8) is 0 Å². The number of halogens is 1. The zero-order valence-corrected chi connectivity index (χ0v) is 24.0. The molecule has 0 saturated carbocycles. The highest BCUT2D eigenvalue weighted by Crippen LogP contribution is 2.43. The highest BCUT2D eigenvalue weighted by molar-refractivity contribution is 8.18. The van der Waals surface area contributed by atoms with Crippen LogP contribution in [0, 0.1) is 5.82 Å². The van der Waals surface area contributed by atoms with Gasteiger partial charge in [-0.25, -0.2) is 14.0 Å². The normalized spacial score (nSPS) is 17.1. The number of anilines is 1. The second-order valence-electron chi connectivity index (χ2n) is 10.6. The fourth-order valence-electron chi connectivity index (χ4n) is 3.39. The third-order valence-electron chi connectivity index (χ3n) is 4.90. The molecule has 0 aliphatic carbocycles. The number of ether oxygens (including phenoxy) is 1. The summed E-state index contributed by atoms with van der Waals surface area (Å²) in [7, 11) is -4.52. The Labute approximate surface area is 221 Å². The van der Waals surface area contributed by atoms with Crippen molar-refractivity contribution in [2.45, 2.75) is 90.7 Å². The van der Waals surface area contributed by atoms with Gasteiger partial charge in [0.05, 0.1) is 23.2 Å². The lowest BCUT2D eigenvalue weighted by Crippen LogP contribution is -2.47. The first kappa shape index (κ1) is 30.6. The van der Waals surface area contributed by atoms with Crippen molar-refractivity contribution >= 4 is 39.6 Å². The van der Waals surface area contributed by atoms with Gasteiger partial charge in [-0.05, 0) is 51.0 Å². The molecule has 1 aromatic rings. The molecule has 1 aliphatic heterocycles. The van der Waals surface area contributed by atoms with E-state index in [2.05, 4.69) is 19.9 Å². The van der Waals surface area contributed by atoms with Gasteiger partial charge in [-0.1, -0.05) is 44.6 Å². The highest BCUT2D eigenvalue weighted by Gasteiger charge is 2.44. The van der Waals surface area contributed by atoms with Crippen LogP contribution in [-0.4, -0.2) is 52.1 Å². The van der Waals surface area contributed by atoms with Crippen molar-refractivity contribution in [2.24, 2.45) is 9.63 Å². The molecular formula is C23H34FN5O6S2. The molecular weight excluding hydrogens is 525 g/mol. The van der Waals surface area contributed by atoms with Gasteiger partial charge in [-0.15, -0.1) is 0 Å². The average Bonchev–Trinajstić information content (AvgIpc) is 3.18. The minimum Gasteiger partial charge on any atom is -0.441 e. The van der Waals surface area contributed by atoms with E-state index >= 15 is 0 Å². The lowest BCUT2D eigenvalue weighted by Gasteiger charge is -2.32. The van der Waals surface area contributed by atoms with Crippen molar-refractivity contribution in [2.75, 3.05) is 5.32 Å². The molecule has 0 aromatic carbocycles. The van der Waals surface area contributed by atoms with E-state index in [9.17, 15) is 27.5 Å². The Morgan fingerprint density at radius 1 is 1.19 bits per heavy atom. The molecule has 1 atom stereocenters. The Hall–Kier alpha value is -2.58. The van der Waals surface area contributed by atoms with Crippen molar-refractivity contribution < 1.29 is 32.2 Å². The Morgan fingerprint density at radius 3 is 2.27 bits per heavy atom. The van der Waals surface area contributed by atoms with Crippen LogP contribution in [0.4, 0.5) is 19.7 Å². The smallest absolute Gasteiger partial charge is 0.441 e. The molecule has 11 nitrogen and oxygen atoms in total. The minimum absolute atomic E-state index is 0.161. The van der Waals surface area contributed by atoms with Crippen LogP contribution in [-0.2, 0) is 14.8 Å². The standard InChI is InChI=1S/C23H34FN5O6S2/c1-12(2)16-14(24)10-25-17(13(3)4)18(16)26-20(30)29-11-15(36-19(29)23(8,9)32)37(33,34)28-27-21(31)35-22(5,6)7/h10-13,19,32H,1-9H3,(H,26,30). The molecule has 0 fully saturated rings. The second kappa shape index (κ2) is 11.0. The summed E-state index contributed by atoms with van der Waals surface area (Å²) in [6, 6.07) is -0.815. The van der Waals surface area contributed by atoms with Crippen LogP contribution < -0.4 is 5.32 Å². The molecule has 14 heteroatoms. The van der Waals surface area contributed by atoms with Gasteiger partial charge in [0.1, 0.15) is 21.0 Å². The maximum Gasteiger partial charge on any atom is 0.453 e. The Kier molecular flexibility index (Phi) is 9.14. The molecule has 1 unspecified atom stereocenters. The van der Waals surface area contributed by atoms with Gasteiger partial charge >= 0.3 is 22.1 Å². The quantitative estimate of drug-likeness (QED) is 0.424. The van der Waals surface area contributed by atoms with Gasteiger partial charge in [-0.3, -0.25) is 9.88 Å². The van der Waals surface area contributed by atoms with Crippen LogP contribution in [0.1, 0.15) is 85.4 Å². The van der Waals surface area contributed by atoms with Crippen molar-refractivity contribution in [3.8, 4) is 0 Å². The first-order valence-electron chi connectivity index (χ1n) is 11.5. The number of urea groups is 1. The predicted molar refractivity (Wildman–Crippen MR) is 139 cm³/mol. The van der Waals surface area contributed by atoms with E-state index < -0.39 is 48.8 Å². The van der Waals surface area contributed by atoms with Crippen LogP contribution in [0.25, 0.3) is 0 Å². The van der Waals surface area contributed by atoms with E-state index in [-0.39, 0.29) is 23.1 Å². The van der Waals surface area contributed by atoms with Gasteiger partial charge in [0.15, 0.2) is 0 Å². The van der Waals surface area contributed by atoms with Crippen molar-refractivity contribution in [3.05, 3.63) is 33.7 Å². The van der Waals surface area contributed by atoms with Gasteiger partial charge in [0.25, 0.3) is 0 Å². The third kappa shape index (κ3) is 7.71.